The van der Waals surface area contributed by atoms with Crippen LogP contribution in [0.2, 0.25) is 0 Å². The zero-order chi connectivity index (χ0) is 20.1. The van der Waals surface area contributed by atoms with Gasteiger partial charge in [-0.05, 0) is 35.4 Å². The van der Waals surface area contributed by atoms with Gasteiger partial charge in [0.15, 0.2) is 0 Å². The molecule has 1 N–H and O–H groups in total. The summed E-state index contributed by atoms with van der Waals surface area (Å²) in [5, 5.41) is 3.37. The Morgan fingerprint density at radius 3 is 2.46 bits per heavy atom. The fourth-order valence-electron chi connectivity index (χ4n) is 4.54. The first-order valence-corrected chi connectivity index (χ1v) is 9.92. The molecule has 2 aromatic rings. The third-order valence-electron chi connectivity index (χ3n) is 6.39. The van der Waals surface area contributed by atoms with E-state index in [1.807, 2.05) is 21.0 Å². The predicted molar refractivity (Wildman–Crippen MR) is 117 cm³/mol. The third-order valence-corrected chi connectivity index (χ3v) is 6.39. The number of anilines is 2. The fourth-order valence-corrected chi connectivity index (χ4v) is 4.54. The van der Waals surface area contributed by atoms with Crippen LogP contribution in [-0.4, -0.2) is 32.2 Å². The van der Waals surface area contributed by atoms with Gasteiger partial charge in [0.25, 0.3) is 0 Å². The van der Waals surface area contributed by atoms with Crippen LogP contribution in [0, 0.1) is 5.92 Å². The SMILES string of the molecule is CC1CN2c3ccccc3C(C)(C)C2(/C=C/c2ccc(N(C)C)cc2)NC1=O. The molecule has 2 aliphatic heterocycles. The molecular formula is C24H29N3O. The first-order chi connectivity index (χ1) is 13.3. The molecule has 28 heavy (non-hydrogen) atoms. The van der Waals surface area contributed by atoms with Gasteiger partial charge in [-0.1, -0.05) is 57.2 Å². The smallest absolute Gasteiger partial charge is 0.226 e. The van der Waals surface area contributed by atoms with Gasteiger partial charge < -0.3 is 15.1 Å². The number of fused-ring (bicyclic) bond motifs is 3. The minimum absolute atomic E-state index is 0.0390. The first-order valence-electron chi connectivity index (χ1n) is 9.92. The summed E-state index contributed by atoms with van der Waals surface area (Å²) in [6.07, 6.45) is 4.32. The summed E-state index contributed by atoms with van der Waals surface area (Å²) in [6.45, 7) is 7.16. The van der Waals surface area contributed by atoms with E-state index in [0.717, 1.165) is 12.1 Å². The normalized spacial score (nSPS) is 25.4. The number of hydrogen-bond donors (Lipinski definition) is 1. The van der Waals surface area contributed by atoms with Gasteiger partial charge >= 0.3 is 0 Å². The van der Waals surface area contributed by atoms with Crippen molar-refractivity contribution in [1.82, 2.24) is 5.32 Å². The van der Waals surface area contributed by atoms with Crippen LogP contribution in [0.5, 0.6) is 0 Å². The molecule has 0 saturated carbocycles. The zero-order valence-corrected chi connectivity index (χ0v) is 17.4. The average Bonchev–Trinajstić information content (AvgIpc) is 2.86. The van der Waals surface area contributed by atoms with Gasteiger partial charge in [0.05, 0.1) is 5.92 Å². The summed E-state index contributed by atoms with van der Waals surface area (Å²) in [5.41, 5.74) is 3.97. The quantitative estimate of drug-likeness (QED) is 0.880. The summed E-state index contributed by atoms with van der Waals surface area (Å²) in [4.78, 5) is 17.2. The molecule has 2 unspecified atom stereocenters. The lowest BCUT2D eigenvalue weighted by molar-refractivity contribution is -0.128. The van der Waals surface area contributed by atoms with Crippen molar-refractivity contribution < 1.29 is 4.79 Å². The average molecular weight is 376 g/mol. The van der Waals surface area contributed by atoms with Gasteiger partial charge in [-0.15, -0.1) is 0 Å². The Hall–Kier alpha value is -2.75. The Bertz CT molecular complexity index is 929. The van der Waals surface area contributed by atoms with Crippen LogP contribution in [-0.2, 0) is 10.2 Å². The number of carbonyl (C=O) groups excluding carboxylic acids is 1. The largest absolute Gasteiger partial charge is 0.378 e. The number of amides is 1. The second-order valence-electron chi connectivity index (χ2n) is 8.73. The Morgan fingerprint density at radius 2 is 1.79 bits per heavy atom. The van der Waals surface area contributed by atoms with E-state index in [9.17, 15) is 4.79 Å². The van der Waals surface area contributed by atoms with Crippen molar-refractivity contribution in [3.8, 4) is 0 Å². The van der Waals surface area contributed by atoms with Crippen molar-refractivity contribution in [2.45, 2.75) is 31.8 Å². The van der Waals surface area contributed by atoms with Gasteiger partial charge in [-0.2, -0.15) is 0 Å². The maximum Gasteiger partial charge on any atom is 0.226 e. The molecule has 2 aliphatic rings. The van der Waals surface area contributed by atoms with Crippen LogP contribution in [0.1, 0.15) is 31.9 Å². The minimum Gasteiger partial charge on any atom is -0.378 e. The van der Waals surface area contributed by atoms with E-state index in [0.29, 0.717) is 0 Å². The molecule has 0 aliphatic carbocycles. The van der Waals surface area contributed by atoms with Gasteiger partial charge in [-0.3, -0.25) is 4.79 Å². The van der Waals surface area contributed by atoms with Crippen molar-refractivity contribution in [1.29, 1.82) is 0 Å². The number of hydrogen-bond acceptors (Lipinski definition) is 3. The Kier molecular flexibility index (Phi) is 4.25. The molecule has 2 heterocycles. The zero-order valence-electron chi connectivity index (χ0n) is 17.4. The van der Waals surface area contributed by atoms with Crippen LogP contribution in [0.4, 0.5) is 11.4 Å². The topological polar surface area (TPSA) is 35.6 Å². The summed E-state index contributed by atoms with van der Waals surface area (Å²) in [6, 6.07) is 17.0. The monoisotopic (exact) mass is 375 g/mol. The number of nitrogens with zero attached hydrogens (tertiary/aromatic N) is 2. The standard InChI is InChI=1S/C24H29N3O/c1-17-16-27-21-9-7-6-8-20(21)23(2,3)24(27,25-22(17)28)15-14-18-10-12-19(13-11-18)26(4)5/h6-15,17H,16H2,1-5H3,(H,25,28)/b15-14+. The van der Waals surface area contributed by atoms with Gasteiger partial charge in [-0.25, -0.2) is 0 Å². The molecule has 4 heteroatoms. The van der Waals surface area contributed by atoms with Crippen LogP contribution in [0.25, 0.3) is 6.08 Å². The molecule has 1 saturated heterocycles. The maximum absolute atomic E-state index is 12.7. The molecule has 1 fully saturated rings. The summed E-state index contributed by atoms with van der Waals surface area (Å²) < 4.78 is 0. The second kappa shape index (κ2) is 6.40. The highest BCUT2D eigenvalue weighted by Crippen LogP contribution is 2.52. The number of para-hydroxylation sites is 1. The molecule has 4 rings (SSSR count). The summed E-state index contributed by atoms with van der Waals surface area (Å²) in [5.74, 6) is 0.0765. The van der Waals surface area contributed by atoms with E-state index in [1.54, 1.807) is 0 Å². The molecule has 0 spiro atoms. The number of benzene rings is 2. The van der Waals surface area contributed by atoms with Crippen molar-refractivity contribution in [3.63, 3.8) is 0 Å². The van der Waals surface area contributed by atoms with Gasteiger partial charge in [0.1, 0.15) is 5.66 Å². The molecule has 4 nitrogen and oxygen atoms in total. The highest BCUT2D eigenvalue weighted by atomic mass is 16.2. The summed E-state index contributed by atoms with van der Waals surface area (Å²) in [7, 11) is 4.08. The molecule has 1 amide bonds. The molecule has 2 aromatic carbocycles. The molecule has 2 atom stereocenters. The Balaban J connectivity index is 1.78. The van der Waals surface area contributed by atoms with Gasteiger partial charge in [0, 0.05) is 37.4 Å². The number of carbonyl (C=O) groups is 1. The molecular weight excluding hydrogens is 346 g/mol. The van der Waals surface area contributed by atoms with Crippen LogP contribution < -0.4 is 15.1 Å². The maximum atomic E-state index is 12.7. The predicted octanol–water partition coefficient (Wildman–Crippen LogP) is 4.03. The first kappa shape index (κ1) is 18.6. The van der Waals surface area contributed by atoms with Crippen molar-refractivity contribution >= 4 is 23.4 Å². The number of rotatable bonds is 3. The lowest BCUT2D eigenvalue weighted by Crippen LogP contribution is -2.70. The lowest BCUT2D eigenvalue weighted by Gasteiger charge is -2.50. The van der Waals surface area contributed by atoms with Crippen molar-refractivity contribution in [2.75, 3.05) is 30.4 Å². The van der Waals surface area contributed by atoms with Crippen molar-refractivity contribution in [2.24, 2.45) is 5.92 Å². The van der Waals surface area contributed by atoms with Crippen molar-refractivity contribution in [3.05, 3.63) is 65.7 Å². The molecule has 0 bridgehead atoms. The number of nitrogens with one attached hydrogen (secondary N) is 1. The minimum atomic E-state index is -0.569. The third kappa shape index (κ3) is 2.62. The van der Waals surface area contributed by atoms with Crippen LogP contribution in [0.3, 0.4) is 0 Å². The van der Waals surface area contributed by atoms with Gasteiger partial charge in [0.2, 0.25) is 5.91 Å². The Labute approximate surface area is 167 Å². The van der Waals surface area contributed by atoms with E-state index in [2.05, 4.69) is 89.6 Å². The van der Waals surface area contributed by atoms with Crippen LogP contribution >= 0.6 is 0 Å². The Morgan fingerprint density at radius 1 is 1.11 bits per heavy atom. The van der Waals surface area contributed by atoms with E-state index >= 15 is 0 Å². The molecule has 0 aromatic heterocycles. The fraction of sp³-hybridized carbons (Fsp3) is 0.375. The highest BCUT2D eigenvalue weighted by molar-refractivity contribution is 5.86. The van der Waals surface area contributed by atoms with E-state index in [-0.39, 0.29) is 17.2 Å². The molecule has 0 radical (unpaired) electrons. The van der Waals surface area contributed by atoms with Crippen LogP contribution in [0.15, 0.2) is 54.6 Å². The summed E-state index contributed by atoms with van der Waals surface area (Å²) >= 11 is 0. The highest BCUT2D eigenvalue weighted by Gasteiger charge is 2.58. The van der Waals surface area contributed by atoms with E-state index < -0.39 is 5.66 Å². The molecule has 146 valence electrons. The second-order valence-corrected chi connectivity index (χ2v) is 8.73. The lowest BCUT2D eigenvalue weighted by atomic mass is 9.74. The van der Waals surface area contributed by atoms with E-state index in [4.69, 9.17) is 0 Å². The van der Waals surface area contributed by atoms with E-state index in [1.165, 1.54) is 16.9 Å².